The summed E-state index contributed by atoms with van der Waals surface area (Å²) in [5.41, 5.74) is 7.48. The molecule has 21 heavy (non-hydrogen) atoms. The summed E-state index contributed by atoms with van der Waals surface area (Å²) in [5.74, 6) is 0. The molecular weight excluding hydrogens is 284 g/mol. The first kappa shape index (κ1) is 14.3. The zero-order chi connectivity index (χ0) is 14.9. The molecular formula is C16H18N2O2S. The molecule has 1 aliphatic heterocycles. The maximum Gasteiger partial charge on any atom is 0.243 e. The van der Waals surface area contributed by atoms with Gasteiger partial charge < -0.3 is 5.73 Å². The van der Waals surface area contributed by atoms with Crippen LogP contribution in [-0.2, 0) is 10.0 Å². The molecule has 1 aliphatic rings. The standard InChI is InChI=1S/C16H18N2O2S/c17-14-10-11-18(12-14)21(19,20)16-9-5-4-8-15(16)13-6-2-1-3-7-13/h1-9,14H,10-12,17H2/t14-/m0/s1. The van der Waals surface area contributed by atoms with Crippen molar-refractivity contribution in [3.05, 3.63) is 54.6 Å². The van der Waals surface area contributed by atoms with E-state index in [4.69, 9.17) is 5.73 Å². The predicted molar refractivity (Wildman–Crippen MR) is 83.2 cm³/mol. The fraction of sp³-hybridized carbons (Fsp3) is 0.250. The second-order valence-electron chi connectivity index (χ2n) is 5.27. The Labute approximate surface area is 125 Å². The smallest absolute Gasteiger partial charge is 0.243 e. The molecule has 0 unspecified atom stereocenters. The van der Waals surface area contributed by atoms with Crippen molar-refractivity contribution < 1.29 is 8.42 Å². The van der Waals surface area contributed by atoms with Crippen molar-refractivity contribution in [2.75, 3.05) is 13.1 Å². The van der Waals surface area contributed by atoms with E-state index in [-0.39, 0.29) is 6.04 Å². The van der Waals surface area contributed by atoms with Crippen molar-refractivity contribution in [3.8, 4) is 11.1 Å². The third kappa shape index (κ3) is 2.72. The number of nitrogens with two attached hydrogens (primary N) is 1. The summed E-state index contributed by atoms with van der Waals surface area (Å²) in [6.45, 7) is 0.887. The summed E-state index contributed by atoms with van der Waals surface area (Å²) in [6, 6.07) is 16.6. The van der Waals surface area contributed by atoms with E-state index in [9.17, 15) is 8.42 Å². The van der Waals surface area contributed by atoms with E-state index in [0.29, 0.717) is 24.4 Å². The van der Waals surface area contributed by atoms with E-state index >= 15 is 0 Å². The maximum atomic E-state index is 12.8. The Hall–Kier alpha value is -1.69. The largest absolute Gasteiger partial charge is 0.326 e. The van der Waals surface area contributed by atoms with Gasteiger partial charge in [-0.3, -0.25) is 0 Å². The van der Waals surface area contributed by atoms with Crippen LogP contribution in [-0.4, -0.2) is 31.9 Å². The zero-order valence-electron chi connectivity index (χ0n) is 11.6. The first-order valence-electron chi connectivity index (χ1n) is 6.99. The van der Waals surface area contributed by atoms with Gasteiger partial charge in [-0.1, -0.05) is 48.5 Å². The first-order valence-corrected chi connectivity index (χ1v) is 8.43. The minimum absolute atomic E-state index is 0.0661. The lowest BCUT2D eigenvalue weighted by Crippen LogP contribution is -2.32. The van der Waals surface area contributed by atoms with Gasteiger partial charge in [0, 0.05) is 24.7 Å². The Bertz CT molecular complexity index is 729. The number of sulfonamides is 1. The minimum Gasteiger partial charge on any atom is -0.326 e. The van der Waals surface area contributed by atoms with Crippen LogP contribution in [0.15, 0.2) is 59.5 Å². The van der Waals surface area contributed by atoms with E-state index in [1.54, 1.807) is 12.1 Å². The molecule has 5 heteroatoms. The van der Waals surface area contributed by atoms with Gasteiger partial charge in [0.25, 0.3) is 0 Å². The monoisotopic (exact) mass is 302 g/mol. The summed E-state index contributed by atoms with van der Waals surface area (Å²) >= 11 is 0. The van der Waals surface area contributed by atoms with Crippen molar-refractivity contribution >= 4 is 10.0 Å². The minimum atomic E-state index is -3.50. The number of hydrogen-bond acceptors (Lipinski definition) is 3. The van der Waals surface area contributed by atoms with Crippen molar-refractivity contribution in [2.45, 2.75) is 17.4 Å². The van der Waals surface area contributed by atoms with Gasteiger partial charge in [0.05, 0.1) is 4.90 Å². The molecule has 1 saturated heterocycles. The molecule has 0 aliphatic carbocycles. The lowest BCUT2D eigenvalue weighted by Gasteiger charge is -2.18. The molecule has 3 rings (SSSR count). The highest BCUT2D eigenvalue weighted by Gasteiger charge is 2.32. The molecule has 0 radical (unpaired) electrons. The van der Waals surface area contributed by atoms with Crippen LogP contribution in [0, 0.1) is 0 Å². The van der Waals surface area contributed by atoms with Gasteiger partial charge in [-0.2, -0.15) is 4.31 Å². The average Bonchev–Trinajstić information content (AvgIpc) is 2.95. The maximum absolute atomic E-state index is 12.8. The normalized spacial score (nSPS) is 19.8. The predicted octanol–water partition coefficient (Wildman–Crippen LogP) is 2.08. The second-order valence-corrected chi connectivity index (χ2v) is 7.18. The topological polar surface area (TPSA) is 63.4 Å². The van der Waals surface area contributed by atoms with Crippen LogP contribution in [0.2, 0.25) is 0 Å². The summed E-state index contributed by atoms with van der Waals surface area (Å²) in [6.07, 6.45) is 0.715. The van der Waals surface area contributed by atoms with Crippen LogP contribution in [0.1, 0.15) is 6.42 Å². The lowest BCUT2D eigenvalue weighted by atomic mass is 10.1. The van der Waals surface area contributed by atoms with Gasteiger partial charge in [0.2, 0.25) is 10.0 Å². The van der Waals surface area contributed by atoms with Gasteiger partial charge >= 0.3 is 0 Å². The van der Waals surface area contributed by atoms with Crippen molar-refractivity contribution in [1.29, 1.82) is 0 Å². The first-order chi connectivity index (χ1) is 10.1. The van der Waals surface area contributed by atoms with Crippen LogP contribution in [0.3, 0.4) is 0 Å². The molecule has 0 aromatic heterocycles. The fourth-order valence-electron chi connectivity index (χ4n) is 2.66. The van der Waals surface area contributed by atoms with Crippen molar-refractivity contribution in [1.82, 2.24) is 4.31 Å². The highest BCUT2D eigenvalue weighted by molar-refractivity contribution is 7.89. The number of nitrogens with zero attached hydrogens (tertiary/aromatic N) is 1. The summed E-state index contributed by atoms with van der Waals surface area (Å²) < 4.78 is 27.2. The molecule has 1 heterocycles. The SMILES string of the molecule is N[C@H]1CCN(S(=O)(=O)c2ccccc2-c2ccccc2)C1. The summed E-state index contributed by atoms with van der Waals surface area (Å²) in [4.78, 5) is 0.352. The summed E-state index contributed by atoms with van der Waals surface area (Å²) in [5, 5.41) is 0. The van der Waals surface area contributed by atoms with Gasteiger partial charge in [0.15, 0.2) is 0 Å². The Kier molecular flexibility index (Phi) is 3.80. The zero-order valence-corrected chi connectivity index (χ0v) is 12.5. The lowest BCUT2D eigenvalue weighted by molar-refractivity contribution is 0.472. The molecule has 1 fully saturated rings. The highest BCUT2D eigenvalue weighted by atomic mass is 32.2. The quantitative estimate of drug-likeness (QED) is 0.944. The fourth-order valence-corrected chi connectivity index (χ4v) is 4.39. The van der Waals surface area contributed by atoms with Gasteiger partial charge in [-0.05, 0) is 18.1 Å². The molecule has 1 atom stereocenters. The van der Waals surface area contributed by atoms with E-state index in [0.717, 1.165) is 11.1 Å². The van der Waals surface area contributed by atoms with E-state index in [1.165, 1.54) is 4.31 Å². The molecule has 0 saturated carbocycles. The van der Waals surface area contributed by atoms with Crippen molar-refractivity contribution in [3.63, 3.8) is 0 Å². The second kappa shape index (κ2) is 5.60. The third-order valence-electron chi connectivity index (χ3n) is 3.78. The van der Waals surface area contributed by atoms with Gasteiger partial charge in [-0.15, -0.1) is 0 Å². The molecule has 4 nitrogen and oxygen atoms in total. The molecule has 2 aromatic carbocycles. The van der Waals surface area contributed by atoms with Gasteiger partial charge in [-0.25, -0.2) is 8.42 Å². The number of benzene rings is 2. The molecule has 0 amide bonds. The average molecular weight is 302 g/mol. The van der Waals surface area contributed by atoms with E-state index in [2.05, 4.69) is 0 Å². The molecule has 2 N–H and O–H groups in total. The summed E-state index contributed by atoms with van der Waals surface area (Å²) in [7, 11) is -3.50. The Morgan fingerprint density at radius 1 is 1.00 bits per heavy atom. The van der Waals surface area contributed by atoms with Crippen LogP contribution < -0.4 is 5.73 Å². The van der Waals surface area contributed by atoms with Crippen LogP contribution in [0.4, 0.5) is 0 Å². The van der Waals surface area contributed by atoms with E-state index in [1.807, 2.05) is 42.5 Å². The van der Waals surface area contributed by atoms with Crippen LogP contribution in [0.5, 0.6) is 0 Å². The van der Waals surface area contributed by atoms with Crippen LogP contribution in [0.25, 0.3) is 11.1 Å². The van der Waals surface area contributed by atoms with E-state index < -0.39 is 10.0 Å². The van der Waals surface area contributed by atoms with Crippen LogP contribution >= 0.6 is 0 Å². The van der Waals surface area contributed by atoms with Crippen molar-refractivity contribution in [2.24, 2.45) is 5.73 Å². The van der Waals surface area contributed by atoms with Gasteiger partial charge in [0.1, 0.15) is 0 Å². The third-order valence-corrected chi connectivity index (χ3v) is 5.70. The number of hydrogen-bond donors (Lipinski definition) is 1. The Morgan fingerprint density at radius 2 is 1.67 bits per heavy atom. The molecule has 0 bridgehead atoms. The molecule has 0 spiro atoms. The Morgan fingerprint density at radius 3 is 2.33 bits per heavy atom. The molecule has 110 valence electrons. The molecule has 2 aromatic rings. The Balaban J connectivity index is 2.07. The highest BCUT2D eigenvalue weighted by Crippen LogP contribution is 2.30. The number of rotatable bonds is 3.